The van der Waals surface area contributed by atoms with Crippen molar-refractivity contribution in [3.63, 3.8) is 0 Å². The minimum atomic E-state index is -1.10. The summed E-state index contributed by atoms with van der Waals surface area (Å²) in [5.41, 5.74) is 1.81. The van der Waals surface area contributed by atoms with E-state index in [1.807, 2.05) is 30.3 Å². The van der Waals surface area contributed by atoms with Crippen molar-refractivity contribution in [3.8, 4) is 5.75 Å². The number of aryl methyl sites for hydroxylation is 1. The number of fused-ring (bicyclic) bond motifs is 1. The zero-order valence-corrected chi connectivity index (χ0v) is 13.6. The van der Waals surface area contributed by atoms with E-state index in [-0.39, 0.29) is 17.9 Å². The molecule has 0 aliphatic carbocycles. The van der Waals surface area contributed by atoms with Gasteiger partial charge in [0.1, 0.15) is 17.5 Å². The summed E-state index contributed by atoms with van der Waals surface area (Å²) in [6, 6.07) is 14.7. The second kappa shape index (κ2) is 6.68. The summed E-state index contributed by atoms with van der Waals surface area (Å²) >= 11 is 0. The number of aliphatic carboxylic acids is 1. The fraction of sp³-hybridized carbons (Fsp3) is 0.158. The quantitative estimate of drug-likeness (QED) is 0.666. The number of hydrogen-bond donors (Lipinski definition) is 3. The number of carbonyl (C=O) groups is 2. The van der Waals surface area contributed by atoms with Gasteiger partial charge in [0.2, 0.25) is 0 Å². The second-order valence-corrected chi connectivity index (χ2v) is 5.85. The van der Waals surface area contributed by atoms with Gasteiger partial charge >= 0.3 is 5.97 Å². The summed E-state index contributed by atoms with van der Waals surface area (Å²) < 4.78 is 1.63. The highest BCUT2D eigenvalue weighted by atomic mass is 16.4. The maximum Gasteiger partial charge on any atom is 0.326 e. The molecule has 0 fully saturated rings. The molecule has 3 N–H and O–H groups in total. The molecule has 0 bridgehead atoms. The lowest BCUT2D eigenvalue weighted by atomic mass is 10.1. The molecule has 0 spiro atoms. The molecule has 3 rings (SSSR count). The number of aromatic nitrogens is 1. The van der Waals surface area contributed by atoms with E-state index in [0.29, 0.717) is 10.9 Å². The molecule has 1 heterocycles. The van der Waals surface area contributed by atoms with Crippen LogP contribution in [0.3, 0.4) is 0 Å². The number of benzene rings is 2. The van der Waals surface area contributed by atoms with E-state index >= 15 is 0 Å². The van der Waals surface area contributed by atoms with Crippen molar-refractivity contribution in [1.29, 1.82) is 0 Å². The Morgan fingerprint density at radius 2 is 1.84 bits per heavy atom. The van der Waals surface area contributed by atoms with E-state index < -0.39 is 17.9 Å². The molecule has 0 saturated carbocycles. The Morgan fingerprint density at radius 1 is 1.12 bits per heavy atom. The maximum atomic E-state index is 12.6. The largest absolute Gasteiger partial charge is 0.507 e. The highest BCUT2D eigenvalue weighted by Crippen LogP contribution is 2.27. The number of nitrogens with one attached hydrogen (secondary N) is 1. The molecule has 0 aliphatic rings. The fourth-order valence-corrected chi connectivity index (χ4v) is 2.84. The van der Waals surface area contributed by atoms with Crippen LogP contribution in [0.25, 0.3) is 10.9 Å². The van der Waals surface area contributed by atoms with E-state index in [2.05, 4.69) is 5.32 Å². The maximum absolute atomic E-state index is 12.6. The number of nitrogens with zero attached hydrogens (tertiary/aromatic N) is 1. The van der Waals surface area contributed by atoms with Gasteiger partial charge in [-0.1, -0.05) is 36.4 Å². The number of carboxylic acid groups (broad SMARTS) is 1. The van der Waals surface area contributed by atoms with Gasteiger partial charge in [0.15, 0.2) is 0 Å². The predicted octanol–water partition coefficient (Wildman–Crippen LogP) is 2.31. The van der Waals surface area contributed by atoms with Gasteiger partial charge in [-0.15, -0.1) is 0 Å². The van der Waals surface area contributed by atoms with Gasteiger partial charge in [0, 0.05) is 18.9 Å². The molecule has 6 nitrogen and oxygen atoms in total. The van der Waals surface area contributed by atoms with Crippen LogP contribution >= 0.6 is 0 Å². The van der Waals surface area contributed by atoms with Gasteiger partial charge in [-0.05, 0) is 23.8 Å². The Labute approximate surface area is 144 Å². The third-order valence-corrected chi connectivity index (χ3v) is 4.18. The molecule has 0 radical (unpaired) electrons. The molecule has 6 heteroatoms. The van der Waals surface area contributed by atoms with Crippen molar-refractivity contribution in [2.75, 3.05) is 0 Å². The van der Waals surface area contributed by atoms with Crippen LogP contribution in [0.4, 0.5) is 0 Å². The van der Waals surface area contributed by atoms with Crippen LogP contribution in [-0.4, -0.2) is 32.7 Å². The van der Waals surface area contributed by atoms with Crippen LogP contribution in [0.2, 0.25) is 0 Å². The Morgan fingerprint density at radius 3 is 2.48 bits per heavy atom. The van der Waals surface area contributed by atoms with Crippen LogP contribution < -0.4 is 5.32 Å². The Bertz CT molecular complexity index is 931. The summed E-state index contributed by atoms with van der Waals surface area (Å²) in [6.07, 6.45) is 0.192. The molecule has 1 atom stereocenters. The first-order valence-electron chi connectivity index (χ1n) is 7.82. The third-order valence-electron chi connectivity index (χ3n) is 4.18. The molecular weight excluding hydrogens is 320 g/mol. The molecule has 1 amide bonds. The van der Waals surface area contributed by atoms with E-state index in [0.717, 1.165) is 5.56 Å². The summed E-state index contributed by atoms with van der Waals surface area (Å²) in [7, 11) is 1.70. The zero-order valence-electron chi connectivity index (χ0n) is 13.6. The number of carbonyl (C=O) groups excluding carboxylic acids is 1. The molecule has 128 valence electrons. The Kier molecular flexibility index (Phi) is 4.43. The minimum absolute atomic E-state index is 0.0752. The van der Waals surface area contributed by atoms with Crippen molar-refractivity contribution in [3.05, 3.63) is 65.9 Å². The number of aromatic hydroxyl groups is 1. The number of rotatable bonds is 5. The highest BCUT2D eigenvalue weighted by Gasteiger charge is 2.23. The predicted molar refractivity (Wildman–Crippen MR) is 93.6 cm³/mol. The van der Waals surface area contributed by atoms with E-state index in [4.69, 9.17) is 0 Å². The topological polar surface area (TPSA) is 91.6 Å². The van der Waals surface area contributed by atoms with Crippen molar-refractivity contribution < 1.29 is 19.8 Å². The van der Waals surface area contributed by atoms with E-state index in [1.54, 1.807) is 35.9 Å². The number of phenols is 1. The average molecular weight is 338 g/mol. The first kappa shape index (κ1) is 16.6. The van der Waals surface area contributed by atoms with Crippen LogP contribution in [0, 0.1) is 0 Å². The smallest absolute Gasteiger partial charge is 0.326 e. The third kappa shape index (κ3) is 3.33. The molecule has 1 aromatic heterocycles. The van der Waals surface area contributed by atoms with Crippen molar-refractivity contribution in [2.45, 2.75) is 12.5 Å². The van der Waals surface area contributed by atoms with Gasteiger partial charge in [0.05, 0.1) is 5.52 Å². The number of carboxylic acids is 1. The summed E-state index contributed by atoms with van der Waals surface area (Å²) in [5, 5.41) is 22.4. The van der Waals surface area contributed by atoms with Gasteiger partial charge in [-0.2, -0.15) is 0 Å². The molecule has 0 aliphatic heterocycles. The monoisotopic (exact) mass is 338 g/mol. The molecule has 0 unspecified atom stereocenters. The normalized spacial score (nSPS) is 12.0. The Hall–Kier alpha value is -3.28. The lowest BCUT2D eigenvalue weighted by Crippen LogP contribution is -2.42. The zero-order chi connectivity index (χ0) is 18.0. The van der Waals surface area contributed by atoms with Crippen molar-refractivity contribution in [1.82, 2.24) is 9.88 Å². The molecule has 0 saturated heterocycles. The second-order valence-electron chi connectivity index (χ2n) is 5.85. The van der Waals surface area contributed by atoms with Crippen LogP contribution in [0.1, 0.15) is 16.1 Å². The number of phenolic OH excluding ortho intramolecular Hbond substituents is 1. The molecule has 2 aromatic carbocycles. The van der Waals surface area contributed by atoms with E-state index in [1.165, 1.54) is 0 Å². The minimum Gasteiger partial charge on any atom is -0.507 e. The summed E-state index contributed by atoms with van der Waals surface area (Å²) in [4.78, 5) is 24.1. The van der Waals surface area contributed by atoms with Gasteiger partial charge in [-0.25, -0.2) is 4.79 Å². The fourth-order valence-electron chi connectivity index (χ4n) is 2.84. The summed E-state index contributed by atoms with van der Waals surface area (Å²) in [5.74, 6) is -1.52. The SMILES string of the molecule is Cn1c(C(=O)N[C@@H](Cc2ccccc2)C(=O)O)cc2c(O)cccc21. The van der Waals surface area contributed by atoms with Crippen molar-refractivity contribution >= 4 is 22.8 Å². The standard InChI is InChI=1S/C19H18N2O4/c1-21-15-8-5-9-17(22)13(15)11-16(21)18(23)20-14(19(24)25)10-12-6-3-2-4-7-12/h2-9,11,14,22H,10H2,1H3,(H,20,23)(H,24,25)/t14-/m0/s1. The lowest BCUT2D eigenvalue weighted by molar-refractivity contribution is -0.139. The highest BCUT2D eigenvalue weighted by molar-refractivity contribution is 6.01. The first-order valence-corrected chi connectivity index (χ1v) is 7.82. The van der Waals surface area contributed by atoms with Gasteiger partial charge in [-0.3, -0.25) is 4.79 Å². The van der Waals surface area contributed by atoms with Gasteiger partial charge < -0.3 is 20.1 Å². The van der Waals surface area contributed by atoms with Crippen LogP contribution in [-0.2, 0) is 18.3 Å². The average Bonchev–Trinajstić information content (AvgIpc) is 2.94. The first-order chi connectivity index (χ1) is 12.0. The van der Waals surface area contributed by atoms with Gasteiger partial charge in [0.25, 0.3) is 5.91 Å². The molecule has 25 heavy (non-hydrogen) atoms. The lowest BCUT2D eigenvalue weighted by Gasteiger charge is -2.15. The van der Waals surface area contributed by atoms with Crippen molar-refractivity contribution in [2.24, 2.45) is 7.05 Å². The van der Waals surface area contributed by atoms with E-state index in [9.17, 15) is 19.8 Å². The van der Waals surface area contributed by atoms with Crippen LogP contribution in [0.5, 0.6) is 5.75 Å². The molecular formula is C19H18N2O4. The van der Waals surface area contributed by atoms with Crippen LogP contribution in [0.15, 0.2) is 54.6 Å². The summed E-state index contributed by atoms with van der Waals surface area (Å²) in [6.45, 7) is 0. The number of hydrogen-bond acceptors (Lipinski definition) is 3. The molecule has 3 aromatic rings. The Balaban J connectivity index is 1.86. The number of amides is 1.